The van der Waals surface area contributed by atoms with Gasteiger partial charge < -0.3 is 10.2 Å². The molecule has 1 fully saturated rings. The van der Waals surface area contributed by atoms with E-state index in [-0.39, 0.29) is 6.01 Å². The lowest BCUT2D eigenvalue weighted by Gasteiger charge is -2.26. The van der Waals surface area contributed by atoms with Gasteiger partial charge in [-0.1, -0.05) is 5.10 Å². The second-order valence-electron chi connectivity index (χ2n) is 3.29. The largest absolute Gasteiger partial charge is 0.408 e. The smallest absolute Gasteiger partial charge is 0.312 e. The maximum absolute atomic E-state index is 5.62. The van der Waals surface area contributed by atoms with Crippen LogP contribution in [0.3, 0.4) is 0 Å². The molecule has 13 heavy (non-hydrogen) atoms. The monoisotopic (exact) mass is 183 g/mol. The summed E-state index contributed by atoms with van der Waals surface area (Å²) in [4.78, 5) is 0. The highest BCUT2D eigenvalue weighted by Crippen LogP contribution is 2.25. The Hall–Kier alpha value is -1.14. The first kappa shape index (κ1) is 8.46. The van der Waals surface area contributed by atoms with Crippen LogP contribution in [0.5, 0.6) is 0 Å². The summed E-state index contributed by atoms with van der Waals surface area (Å²) in [5, 5.41) is 9.29. The Kier molecular flexibility index (Phi) is 2.15. The summed E-state index contributed by atoms with van der Waals surface area (Å²) in [6.45, 7) is 1.74. The molecule has 0 spiro atoms. The number of nitrogens with two attached hydrogens (primary N) is 2. The zero-order valence-corrected chi connectivity index (χ0v) is 7.31. The Balaban J connectivity index is 2.02. The number of rotatable bonds is 1. The molecule has 0 saturated carbocycles. The van der Waals surface area contributed by atoms with Crippen LogP contribution in [0, 0.1) is 0 Å². The molecule has 2 rings (SSSR count). The minimum Gasteiger partial charge on any atom is -0.408 e. The molecule has 1 aliphatic heterocycles. The summed E-state index contributed by atoms with van der Waals surface area (Å²) in [6.07, 6.45) is 1.91. The second kappa shape index (κ2) is 3.31. The lowest BCUT2D eigenvalue weighted by molar-refractivity contribution is 0.204. The van der Waals surface area contributed by atoms with Crippen LogP contribution in [0.25, 0.3) is 0 Å². The molecule has 0 aliphatic carbocycles. The molecule has 72 valence electrons. The number of aromatic nitrogens is 2. The number of nitrogens with zero attached hydrogens (tertiary/aromatic N) is 3. The molecule has 0 radical (unpaired) electrons. The maximum Gasteiger partial charge on any atom is 0.312 e. The van der Waals surface area contributed by atoms with Crippen LogP contribution in [0.1, 0.15) is 24.7 Å². The van der Waals surface area contributed by atoms with Crippen LogP contribution in [-0.2, 0) is 0 Å². The molecule has 1 aromatic rings. The van der Waals surface area contributed by atoms with Gasteiger partial charge in [0.25, 0.3) is 0 Å². The van der Waals surface area contributed by atoms with Crippen molar-refractivity contribution < 1.29 is 4.42 Å². The number of piperidine rings is 1. The van der Waals surface area contributed by atoms with Crippen molar-refractivity contribution in [2.24, 2.45) is 5.84 Å². The molecule has 1 aromatic heterocycles. The summed E-state index contributed by atoms with van der Waals surface area (Å²) >= 11 is 0. The molecule has 0 amide bonds. The first-order chi connectivity index (χ1) is 6.25. The van der Waals surface area contributed by atoms with E-state index in [1.54, 1.807) is 5.01 Å². The van der Waals surface area contributed by atoms with Crippen LogP contribution in [0.15, 0.2) is 4.42 Å². The molecule has 2 heterocycles. The van der Waals surface area contributed by atoms with Crippen LogP contribution < -0.4 is 11.6 Å². The minimum absolute atomic E-state index is 0.144. The molecule has 0 aromatic carbocycles. The van der Waals surface area contributed by atoms with Crippen molar-refractivity contribution in [2.45, 2.75) is 18.8 Å². The van der Waals surface area contributed by atoms with Gasteiger partial charge in [-0.25, -0.2) is 5.01 Å². The van der Waals surface area contributed by atoms with Crippen molar-refractivity contribution >= 4 is 6.01 Å². The van der Waals surface area contributed by atoms with Gasteiger partial charge in [0, 0.05) is 19.0 Å². The lowest BCUT2D eigenvalue weighted by atomic mass is 9.98. The average Bonchev–Trinajstić information content (AvgIpc) is 2.53. The van der Waals surface area contributed by atoms with Crippen molar-refractivity contribution in [3.8, 4) is 0 Å². The van der Waals surface area contributed by atoms with E-state index >= 15 is 0 Å². The molecule has 1 saturated heterocycles. The van der Waals surface area contributed by atoms with Crippen molar-refractivity contribution in [1.29, 1.82) is 0 Å². The summed E-state index contributed by atoms with van der Waals surface area (Å²) in [5.41, 5.74) is 5.34. The topological polar surface area (TPSA) is 94.2 Å². The number of nitrogen functional groups attached to an aromatic ring is 1. The van der Waals surface area contributed by atoms with E-state index in [0.717, 1.165) is 25.9 Å². The fourth-order valence-electron chi connectivity index (χ4n) is 1.56. The fourth-order valence-corrected chi connectivity index (χ4v) is 1.56. The summed E-state index contributed by atoms with van der Waals surface area (Å²) < 4.78 is 5.15. The van der Waals surface area contributed by atoms with Gasteiger partial charge in [0.15, 0.2) is 0 Å². The summed E-state index contributed by atoms with van der Waals surface area (Å²) in [7, 11) is 0. The number of hydrogen-bond acceptors (Lipinski definition) is 6. The first-order valence-corrected chi connectivity index (χ1v) is 4.34. The van der Waals surface area contributed by atoms with E-state index in [2.05, 4.69) is 10.2 Å². The third-order valence-corrected chi connectivity index (χ3v) is 2.34. The molecule has 6 nitrogen and oxygen atoms in total. The second-order valence-corrected chi connectivity index (χ2v) is 3.29. The van der Waals surface area contributed by atoms with Gasteiger partial charge >= 0.3 is 6.01 Å². The van der Waals surface area contributed by atoms with Gasteiger partial charge in [-0.2, -0.15) is 0 Å². The molecule has 0 bridgehead atoms. The normalized spacial score (nSPS) is 20.7. The molecule has 0 atom stereocenters. The summed E-state index contributed by atoms with van der Waals surface area (Å²) in [6, 6.07) is 0.144. The Morgan fingerprint density at radius 3 is 2.54 bits per heavy atom. The zero-order valence-electron chi connectivity index (χ0n) is 7.31. The fraction of sp³-hybridized carbons (Fsp3) is 0.714. The Morgan fingerprint density at radius 1 is 1.31 bits per heavy atom. The number of anilines is 1. The average molecular weight is 183 g/mol. The number of hydrogen-bond donors (Lipinski definition) is 2. The third-order valence-electron chi connectivity index (χ3n) is 2.34. The van der Waals surface area contributed by atoms with E-state index in [0.29, 0.717) is 11.8 Å². The SMILES string of the molecule is Nc1nnc(C2CCN(N)CC2)o1. The van der Waals surface area contributed by atoms with Gasteiger partial charge in [0.1, 0.15) is 0 Å². The predicted molar refractivity (Wildman–Crippen MR) is 46.4 cm³/mol. The minimum atomic E-state index is 0.144. The molecule has 4 N–H and O–H groups in total. The van der Waals surface area contributed by atoms with Gasteiger partial charge in [-0.15, -0.1) is 5.10 Å². The Morgan fingerprint density at radius 2 is 2.00 bits per heavy atom. The Bertz CT molecular complexity index is 278. The van der Waals surface area contributed by atoms with Crippen LogP contribution in [-0.4, -0.2) is 28.3 Å². The number of hydrazine groups is 1. The zero-order chi connectivity index (χ0) is 9.26. The van der Waals surface area contributed by atoms with Crippen molar-refractivity contribution in [1.82, 2.24) is 15.2 Å². The Labute approximate surface area is 75.9 Å². The molecule has 1 aliphatic rings. The third kappa shape index (κ3) is 1.78. The predicted octanol–water partition coefficient (Wildman–Crippen LogP) is -0.295. The summed E-state index contributed by atoms with van der Waals surface area (Å²) in [5.74, 6) is 6.59. The first-order valence-electron chi connectivity index (χ1n) is 4.34. The van der Waals surface area contributed by atoms with Crippen LogP contribution in [0.2, 0.25) is 0 Å². The highest BCUT2D eigenvalue weighted by atomic mass is 16.4. The van der Waals surface area contributed by atoms with Gasteiger partial charge in [-0.05, 0) is 12.8 Å². The van der Waals surface area contributed by atoms with Crippen LogP contribution >= 0.6 is 0 Å². The van der Waals surface area contributed by atoms with Crippen molar-refractivity contribution in [3.63, 3.8) is 0 Å². The van der Waals surface area contributed by atoms with E-state index in [1.165, 1.54) is 0 Å². The molecular weight excluding hydrogens is 170 g/mol. The van der Waals surface area contributed by atoms with E-state index < -0.39 is 0 Å². The van der Waals surface area contributed by atoms with Gasteiger partial charge in [0.2, 0.25) is 5.89 Å². The van der Waals surface area contributed by atoms with Crippen molar-refractivity contribution in [3.05, 3.63) is 5.89 Å². The standard InChI is InChI=1S/C7H13N5O/c8-7-11-10-6(13-7)5-1-3-12(9)4-2-5/h5H,1-4,9H2,(H2,8,11). The molecule has 6 heteroatoms. The maximum atomic E-state index is 5.62. The van der Waals surface area contributed by atoms with E-state index in [1.807, 2.05) is 0 Å². The van der Waals surface area contributed by atoms with Crippen molar-refractivity contribution in [2.75, 3.05) is 18.8 Å². The quantitative estimate of drug-likeness (QED) is 0.581. The molecule has 0 unspecified atom stereocenters. The van der Waals surface area contributed by atoms with Gasteiger partial charge in [-0.3, -0.25) is 5.84 Å². The highest BCUT2D eigenvalue weighted by Gasteiger charge is 2.23. The lowest BCUT2D eigenvalue weighted by Crippen LogP contribution is -2.38. The van der Waals surface area contributed by atoms with E-state index in [9.17, 15) is 0 Å². The van der Waals surface area contributed by atoms with Gasteiger partial charge in [0.05, 0.1) is 0 Å². The highest BCUT2D eigenvalue weighted by molar-refractivity contribution is 5.07. The van der Waals surface area contributed by atoms with Crippen LogP contribution in [0.4, 0.5) is 6.01 Å². The molecular formula is C7H13N5O. The van der Waals surface area contributed by atoms with E-state index in [4.69, 9.17) is 16.0 Å².